The standard InChI is InChI=1S/C39H35N4P2S/c46-39(44(37-17-9-3-10-18-37)27-25-33(29-44)31-13-5-1-6-14-31)40-35-21-23-36(24-22-35)41-42-43-45(38-19-11-4-12-20-38)28-26-34(30-45)32-15-7-2-8-16-32/h1-13,15,17-24,29-30,33-34H,25-28H2,(H-,40,41,42,43,46)/q+1/p+1. The van der Waals surface area contributed by atoms with Gasteiger partial charge in [0.1, 0.15) is 28.0 Å². The van der Waals surface area contributed by atoms with Crippen LogP contribution in [0.5, 0.6) is 0 Å². The molecule has 0 amide bonds. The van der Waals surface area contributed by atoms with Crippen LogP contribution in [0.3, 0.4) is 0 Å². The molecule has 46 heavy (non-hydrogen) atoms. The fourth-order valence-electron chi connectivity index (χ4n) is 6.56. The van der Waals surface area contributed by atoms with Gasteiger partial charge in [0.05, 0.1) is 17.8 Å². The molecule has 0 saturated heterocycles. The molecule has 7 rings (SSSR count). The normalized spacial score (nSPS) is 26.0. The van der Waals surface area contributed by atoms with Crippen LogP contribution in [0.15, 0.2) is 155 Å². The first-order chi connectivity index (χ1) is 22.6. The van der Waals surface area contributed by atoms with Crippen molar-refractivity contribution in [3.8, 4) is 0 Å². The summed E-state index contributed by atoms with van der Waals surface area (Å²) in [6.07, 6.45) is 27.6. The van der Waals surface area contributed by atoms with Gasteiger partial charge < -0.3 is 5.32 Å². The molecule has 4 aliphatic rings. The zero-order chi connectivity index (χ0) is 31.2. The van der Waals surface area contributed by atoms with Gasteiger partial charge in [-0.25, -0.2) is 0 Å². The minimum atomic E-state index is -1.94. The van der Waals surface area contributed by atoms with E-state index in [1.807, 2.05) is 36.4 Å². The number of hydrogen-bond donors (Lipinski definition) is 2. The van der Waals surface area contributed by atoms with Gasteiger partial charge in [-0.2, -0.15) is 0 Å². The van der Waals surface area contributed by atoms with Crippen LogP contribution < -0.4 is 21.4 Å². The van der Waals surface area contributed by atoms with Gasteiger partial charge >= 0.3 is 0 Å². The molecule has 2 aliphatic heterocycles. The first-order valence-corrected chi connectivity index (χ1v) is 20.2. The minimum Gasteiger partial charge on any atom is -0.346 e. The Morgan fingerprint density at radius 2 is 1.26 bits per heavy atom. The molecule has 3 aromatic rings. The number of hydrogen-bond acceptors (Lipinski definition) is 3. The van der Waals surface area contributed by atoms with Crippen molar-refractivity contribution in [3.05, 3.63) is 157 Å². The third kappa shape index (κ3) is 6.40. The Balaban J connectivity index is 1.08. The summed E-state index contributed by atoms with van der Waals surface area (Å²) in [6.45, 7) is -1.86. The SMILES string of the molecule is S=C(Nc1ccc(NN=NP2(c3ccccc3)=CC(C3=CC=CC=[C+]3)CC2)cc1)P1(c2ccccc2)=CC(C2=CC=CC=[C+]2)CC1. The Hall–Kier alpha value is -4.19. The molecular formula is C39H36N4P2S+2. The number of allylic oxidation sites excluding steroid dienone is 12. The van der Waals surface area contributed by atoms with Crippen molar-refractivity contribution in [1.29, 1.82) is 0 Å². The zero-order valence-electron chi connectivity index (χ0n) is 25.5. The van der Waals surface area contributed by atoms with Crippen molar-refractivity contribution >= 4 is 64.4 Å². The predicted molar refractivity (Wildman–Crippen MR) is 205 cm³/mol. The van der Waals surface area contributed by atoms with E-state index in [2.05, 4.69) is 137 Å². The number of thiocarbonyl (C=S) groups is 1. The molecule has 3 aromatic carbocycles. The van der Waals surface area contributed by atoms with E-state index in [9.17, 15) is 0 Å². The average molecular weight is 655 g/mol. The largest absolute Gasteiger partial charge is 0.346 e. The van der Waals surface area contributed by atoms with Crippen LogP contribution in [0.4, 0.5) is 11.4 Å². The van der Waals surface area contributed by atoms with Gasteiger partial charge in [-0.3, -0.25) is 5.43 Å². The fourth-order valence-corrected chi connectivity index (χ4v) is 14.5. The molecule has 2 N–H and O–H groups in total. The summed E-state index contributed by atoms with van der Waals surface area (Å²) in [4.78, 5) is 5.01. The maximum atomic E-state index is 6.21. The number of rotatable bonds is 9. The summed E-state index contributed by atoms with van der Waals surface area (Å²) in [6, 6.07) is 29.6. The second-order valence-electron chi connectivity index (χ2n) is 11.8. The lowest BCUT2D eigenvalue weighted by molar-refractivity contribution is 0.821. The Labute approximate surface area is 278 Å². The molecule has 2 heterocycles. The number of benzene rings is 3. The second kappa shape index (κ2) is 13.7. The molecule has 4 nitrogen and oxygen atoms in total. The third-order valence-corrected chi connectivity index (χ3v) is 17.4. The highest BCUT2D eigenvalue weighted by atomic mass is 32.1. The van der Waals surface area contributed by atoms with E-state index in [4.69, 9.17) is 17.1 Å². The highest BCUT2D eigenvalue weighted by Crippen LogP contribution is 2.56. The lowest BCUT2D eigenvalue weighted by Gasteiger charge is -2.25. The molecule has 226 valence electrons. The van der Waals surface area contributed by atoms with Gasteiger partial charge in [-0.15, -0.1) is 4.88 Å². The summed E-state index contributed by atoms with van der Waals surface area (Å²) in [5, 5.41) is 10.8. The molecule has 4 unspecified atom stereocenters. The molecule has 4 atom stereocenters. The topological polar surface area (TPSA) is 48.8 Å². The number of nitrogens with one attached hydrogen (secondary N) is 2. The van der Waals surface area contributed by atoms with E-state index in [-0.39, 0.29) is 0 Å². The second-order valence-corrected chi connectivity index (χ2v) is 19.1. The van der Waals surface area contributed by atoms with Crippen molar-refractivity contribution in [1.82, 2.24) is 0 Å². The van der Waals surface area contributed by atoms with Crippen molar-refractivity contribution < 1.29 is 0 Å². The average Bonchev–Trinajstić information content (AvgIpc) is 3.78. The van der Waals surface area contributed by atoms with E-state index >= 15 is 0 Å². The number of anilines is 2. The zero-order valence-corrected chi connectivity index (χ0v) is 28.1. The van der Waals surface area contributed by atoms with Crippen LogP contribution in [-0.4, -0.2) is 28.6 Å². The van der Waals surface area contributed by atoms with Gasteiger partial charge in [0, 0.05) is 61.0 Å². The van der Waals surface area contributed by atoms with Crippen molar-refractivity contribution in [2.75, 3.05) is 23.1 Å². The van der Waals surface area contributed by atoms with Crippen molar-refractivity contribution in [3.63, 3.8) is 0 Å². The van der Waals surface area contributed by atoms with Gasteiger partial charge in [-0.05, 0) is 72.7 Å². The maximum Gasteiger partial charge on any atom is 0.122 e. The third-order valence-electron chi connectivity index (χ3n) is 9.00. The molecule has 0 bridgehead atoms. The van der Waals surface area contributed by atoms with Crippen LogP contribution in [0.2, 0.25) is 0 Å². The summed E-state index contributed by atoms with van der Waals surface area (Å²) in [5.74, 6) is 5.67. The fraction of sp³-hybridized carbons (Fsp3) is 0.154. The molecular weight excluding hydrogens is 618 g/mol. The van der Waals surface area contributed by atoms with Crippen LogP contribution in [0.1, 0.15) is 12.8 Å². The summed E-state index contributed by atoms with van der Waals surface area (Å²) in [5.41, 5.74) is 7.54. The van der Waals surface area contributed by atoms with Gasteiger partial charge in [0.25, 0.3) is 0 Å². The van der Waals surface area contributed by atoms with Crippen LogP contribution >= 0.6 is 26.1 Å². The molecule has 0 spiro atoms. The van der Waals surface area contributed by atoms with E-state index in [0.717, 1.165) is 41.3 Å². The highest BCUT2D eigenvalue weighted by Gasteiger charge is 2.35. The van der Waals surface area contributed by atoms with Crippen LogP contribution in [0.25, 0.3) is 0 Å². The van der Waals surface area contributed by atoms with Gasteiger partial charge in [0.2, 0.25) is 0 Å². The summed E-state index contributed by atoms with van der Waals surface area (Å²) < 4.78 is 0.925. The van der Waals surface area contributed by atoms with Crippen molar-refractivity contribution in [2.45, 2.75) is 12.8 Å². The lowest BCUT2D eigenvalue weighted by atomic mass is 9.96. The monoisotopic (exact) mass is 654 g/mol. The highest BCUT2D eigenvalue weighted by molar-refractivity contribution is 8.09. The Kier molecular flexibility index (Phi) is 9.05. The molecule has 0 aromatic heterocycles. The first-order valence-electron chi connectivity index (χ1n) is 15.8. The first kappa shape index (κ1) is 30.5. The Morgan fingerprint density at radius 3 is 1.89 bits per heavy atom. The van der Waals surface area contributed by atoms with E-state index in [0.29, 0.717) is 11.8 Å². The predicted octanol–water partition coefficient (Wildman–Crippen LogP) is 9.12. The summed E-state index contributed by atoms with van der Waals surface area (Å²) >= 11 is 6.21. The molecule has 7 heteroatoms. The summed E-state index contributed by atoms with van der Waals surface area (Å²) in [7, 11) is -1.94. The Bertz CT molecular complexity index is 1930. The molecule has 2 aliphatic carbocycles. The van der Waals surface area contributed by atoms with Gasteiger partial charge in [-0.1, -0.05) is 83.9 Å². The molecule has 0 radical (unpaired) electrons. The molecule has 0 saturated carbocycles. The smallest absolute Gasteiger partial charge is 0.122 e. The van der Waals surface area contributed by atoms with Gasteiger partial charge in [0.15, 0.2) is 0 Å². The quantitative estimate of drug-likeness (QED) is 0.0796. The van der Waals surface area contributed by atoms with E-state index < -0.39 is 13.9 Å². The van der Waals surface area contributed by atoms with E-state index in [1.54, 1.807) is 0 Å². The maximum absolute atomic E-state index is 6.21. The number of nitrogens with zero attached hydrogens (tertiary/aromatic N) is 2. The molecule has 0 fully saturated rings. The van der Waals surface area contributed by atoms with Crippen molar-refractivity contribution in [2.24, 2.45) is 21.9 Å². The van der Waals surface area contributed by atoms with E-state index in [1.165, 1.54) is 21.8 Å². The van der Waals surface area contributed by atoms with Crippen LogP contribution in [0, 0.1) is 24.0 Å². The van der Waals surface area contributed by atoms with Crippen LogP contribution in [-0.2, 0) is 0 Å². The Morgan fingerprint density at radius 1 is 0.674 bits per heavy atom. The lowest BCUT2D eigenvalue weighted by Crippen LogP contribution is -2.20. The minimum absolute atomic E-state index is 0.336.